The van der Waals surface area contributed by atoms with E-state index in [1.807, 2.05) is 0 Å². The number of aryl methyl sites for hydroxylation is 1. The number of anilines is 1. The van der Waals surface area contributed by atoms with Crippen LogP contribution in [-0.2, 0) is 4.79 Å². The second-order valence-corrected chi connectivity index (χ2v) is 7.29. The maximum absolute atomic E-state index is 14.1. The highest BCUT2D eigenvalue weighted by Crippen LogP contribution is 2.35. The van der Waals surface area contributed by atoms with E-state index in [2.05, 4.69) is 5.32 Å². The molecule has 1 heterocycles. The predicted octanol–water partition coefficient (Wildman–Crippen LogP) is 4.07. The molecule has 0 fully saturated rings. The van der Waals surface area contributed by atoms with Gasteiger partial charge < -0.3 is 10.2 Å². The van der Waals surface area contributed by atoms with Crippen LogP contribution in [0.25, 0.3) is 0 Å². The van der Waals surface area contributed by atoms with Crippen LogP contribution >= 0.6 is 12.2 Å². The van der Waals surface area contributed by atoms with E-state index in [-0.39, 0.29) is 11.7 Å². The Labute approximate surface area is 168 Å². The van der Waals surface area contributed by atoms with Crippen LogP contribution in [-0.4, -0.2) is 30.0 Å². The standard InChI is InChI=1S/C21H21F2N3OS/c1-12-8-9-16(11-17(12)23)26-13(2)18(20(27)25(3)4)19(24-21(26)28)14-6-5-7-15(22)10-14/h5-11,19H,1-4H3,(H,24,28)/t19-/m1/s1. The van der Waals surface area contributed by atoms with Crippen molar-refractivity contribution in [2.75, 3.05) is 19.0 Å². The first-order valence-corrected chi connectivity index (χ1v) is 9.16. The Morgan fingerprint density at radius 3 is 2.46 bits per heavy atom. The van der Waals surface area contributed by atoms with Gasteiger partial charge in [0.15, 0.2) is 5.11 Å². The third kappa shape index (κ3) is 3.62. The second-order valence-electron chi connectivity index (χ2n) is 6.91. The van der Waals surface area contributed by atoms with Crippen LogP contribution in [0.15, 0.2) is 53.7 Å². The Morgan fingerprint density at radius 1 is 1.14 bits per heavy atom. The summed E-state index contributed by atoms with van der Waals surface area (Å²) in [6, 6.07) is 10.2. The van der Waals surface area contributed by atoms with Crippen molar-refractivity contribution in [3.8, 4) is 0 Å². The Hall–Kier alpha value is -2.80. The Morgan fingerprint density at radius 2 is 1.86 bits per heavy atom. The Kier molecular flexibility index (Phi) is 5.47. The molecular formula is C21H21F2N3OS. The number of halogens is 2. The fraction of sp³-hybridized carbons (Fsp3) is 0.238. The summed E-state index contributed by atoms with van der Waals surface area (Å²) >= 11 is 5.52. The maximum Gasteiger partial charge on any atom is 0.253 e. The van der Waals surface area contributed by atoms with Gasteiger partial charge in [-0.05, 0) is 61.5 Å². The molecule has 28 heavy (non-hydrogen) atoms. The fourth-order valence-corrected chi connectivity index (χ4v) is 3.59. The zero-order valence-electron chi connectivity index (χ0n) is 16.1. The average molecular weight is 401 g/mol. The van der Waals surface area contributed by atoms with Gasteiger partial charge in [-0.2, -0.15) is 0 Å². The van der Waals surface area contributed by atoms with Crippen molar-refractivity contribution in [2.45, 2.75) is 19.9 Å². The number of nitrogens with one attached hydrogen (secondary N) is 1. The number of allylic oxidation sites excluding steroid dienone is 1. The third-order valence-electron chi connectivity index (χ3n) is 4.72. The van der Waals surface area contributed by atoms with Gasteiger partial charge in [-0.25, -0.2) is 8.78 Å². The Balaban J connectivity index is 2.18. The van der Waals surface area contributed by atoms with Gasteiger partial charge in [0.25, 0.3) is 5.91 Å². The lowest BCUT2D eigenvalue weighted by atomic mass is 9.93. The monoisotopic (exact) mass is 401 g/mol. The minimum absolute atomic E-state index is 0.237. The molecule has 2 aromatic carbocycles. The summed E-state index contributed by atoms with van der Waals surface area (Å²) in [4.78, 5) is 16.1. The van der Waals surface area contributed by atoms with E-state index in [1.165, 1.54) is 23.1 Å². The van der Waals surface area contributed by atoms with Gasteiger partial charge in [0, 0.05) is 19.8 Å². The van der Waals surface area contributed by atoms with E-state index in [1.54, 1.807) is 57.1 Å². The fourth-order valence-electron chi connectivity index (χ4n) is 3.23. The first-order chi connectivity index (χ1) is 13.2. The molecule has 0 saturated heterocycles. The van der Waals surface area contributed by atoms with Crippen LogP contribution < -0.4 is 10.2 Å². The molecule has 7 heteroatoms. The highest BCUT2D eigenvalue weighted by molar-refractivity contribution is 7.80. The molecule has 1 N–H and O–H groups in total. The number of carbonyl (C=O) groups excluding carboxylic acids is 1. The number of hydrogen-bond acceptors (Lipinski definition) is 2. The van der Waals surface area contributed by atoms with Crippen LogP contribution in [0.1, 0.15) is 24.1 Å². The summed E-state index contributed by atoms with van der Waals surface area (Å²) in [5.74, 6) is -0.997. The number of rotatable bonds is 3. The average Bonchev–Trinajstić information content (AvgIpc) is 2.63. The van der Waals surface area contributed by atoms with Crippen LogP contribution in [0.5, 0.6) is 0 Å². The van der Waals surface area contributed by atoms with Gasteiger partial charge in [-0.1, -0.05) is 18.2 Å². The van der Waals surface area contributed by atoms with Gasteiger partial charge in [0.1, 0.15) is 11.6 Å². The molecule has 2 aromatic rings. The lowest BCUT2D eigenvalue weighted by molar-refractivity contribution is -0.125. The molecule has 0 bridgehead atoms. The molecule has 1 aliphatic heterocycles. The number of benzene rings is 2. The zero-order valence-corrected chi connectivity index (χ0v) is 16.9. The van der Waals surface area contributed by atoms with Crippen LogP contribution in [0, 0.1) is 18.6 Å². The molecule has 0 radical (unpaired) electrons. The van der Waals surface area contributed by atoms with Gasteiger partial charge >= 0.3 is 0 Å². The summed E-state index contributed by atoms with van der Waals surface area (Å²) in [6.07, 6.45) is 0. The van der Waals surface area contributed by atoms with E-state index >= 15 is 0 Å². The highest BCUT2D eigenvalue weighted by atomic mass is 32.1. The Bertz CT molecular complexity index is 987. The van der Waals surface area contributed by atoms with Crippen molar-refractivity contribution >= 4 is 28.9 Å². The molecule has 0 unspecified atom stereocenters. The highest BCUT2D eigenvalue weighted by Gasteiger charge is 2.35. The van der Waals surface area contributed by atoms with Crippen molar-refractivity contribution < 1.29 is 13.6 Å². The van der Waals surface area contributed by atoms with Gasteiger partial charge in [-0.15, -0.1) is 0 Å². The predicted molar refractivity (Wildman–Crippen MR) is 110 cm³/mol. The number of thiocarbonyl (C=S) groups is 1. The summed E-state index contributed by atoms with van der Waals surface area (Å²) < 4.78 is 27.9. The summed E-state index contributed by atoms with van der Waals surface area (Å²) in [7, 11) is 3.29. The molecule has 1 atom stereocenters. The van der Waals surface area contributed by atoms with Gasteiger partial charge in [0.05, 0.1) is 17.3 Å². The quantitative estimate of drug-likeness (QED) is 0.787. The summed E-state index contributed by atoms with van der Waals surface area (Å²) in [5, 5.41) is 3.43. The number of amides is 1. The van der Waals surface area contributed by atoms with E-state index in [9.17, 15) is 13.6 Å². The normalized spacial score (nSPS) is 16.9. The molecule has 0 spiro atoms. The topological polar surface area (TPSA) is 35.6 Å². The molecule has 146 valence electrons. The van der Waals surface area contributed by atoms with Crippen LogP contribution in [0.2, 0.25) is 0 Å². The molecular weight excluding hydrogens is 380 g/mol. The van der Waals surface area contributed by atoms with Crippen LogP contribution in [0.3, 0.4) is 0 Å². The molecule has 0 aromatic heterocycles. The lowest BCUT2D eigenvalue weighted by Gasteiger charge is -2.38. The lowest BCUT2D eigenvalue weighted by Crippen LogP contribution is -2.49. The first-order valence-electron chi connectivity index (χ1n) is 8.75. The molecule has 4 nitrogen and oxygen atoms in total. The number of likely N-dealkylation sites (N-methyl/N-ethyl adjacent to an activating group) is 1. The minimum Gasteiger partial charge on any atom is -0.351 e. The van der Waals surface area contributed by atoms with E-state index in [0.717, 1.165) is 0 Å². The molecule has 1 amide bonds. The number of nitrogens with zero attached hydrogens (tertiary/aromatic N) is 2. The summed E-state index contributed by atoms with van der Waals surface area (Å²) in [5.41, 5.74) is 2.61. The molecule has 0 aliphatic carbocycles. The van der Waals surface area contributed by atoms with Gasteiger partial charge in [0.2, 0.25) is 0 Å². The SMILES string of the molecule is CC1=C(C(=O)N(C)C)[C@@H](c2cccc(F)c2)NC(=S)N1c1ccc(C)c(F)c1. The van der Waals surface area contributed by atoms with Crippen molar-refractivity contribution in [1.29, 1.82) is 0 Å². The second kappa shape index (κ2) is 7.67. The largest absolute Gasteiger partial charge is 0.351 e. The minimum atomic E-state index is -0.607. The first kappa shape index (κ1) is 19.9. The maximum atomic E-state index is 14.1. The number of hydrogen-bond donors (Lipinski definition) is 1. The van der Waals surface area contributed by atoms with Crippen molar-refractivity contribution in [3.05, 3.63) is 76.5 Å². The number of carbonyl (C=O) groups is 1. The van der Waals surface area contributed by atoms with E-state index in [4.69, 9.17) is 12.2 Å². The van der Waals surface area contributed by atoms with Crippen molar-refractivity contribution in [1.82, 2.24) is 10.2 Å². The van der Waals surface area contributed by atoms with Crippen molar-refractivity contribution in [3.63, 3.8) is 0 Å². The van der Waals surface area contributed by atoms with Crippen LogP contribution in [0.4, 0.5) is 14.5 Å². The molecule has 0 saturated carbocycles. The van der Waals surface area contributed by atoms with E-state index in [0.29, 0.717) is 33.2 Å². The van der Waals surface area contributed by atoms with Crippen molar-refractivity contribution in [2.24, 2.45) is 0 Å². The third-order valence-corrected chi connectivity index (χ3v) is 5.02. The zero-order chi connectivity index (χ0) is 20.6. The van der Waals surface area contributed by atoms with E-state index < -0.39 is 11.9 Å². The molecule has 1 aliphatic rings. The smallest absolute Gasteiger partial charge is 0.253 e. The molecule has 3 rings (SSSR count). The van der Waals surface area contributed by atoms with Gasteiger partial charge in [-0.3, -0.25) is 9.69 Å². The summed E-state index contributed by atoms with van der Waals surface area (Å²) in [6.45, 7) is 3.43.